The molecular weight excluding hydrogens is 423 g/mol. The summed E-state index contributed by atoms with van der Waals surface area (Å²) in [6.07, 6.45) is -4.21. The fourth-order valence-electron chi connectivity index (χ4n) is 3.62. The van der Waals surface area contributed by atoms with Crippen LogP contribution < -0.4 is 0 Å². The van der Waals surface area contributed by atoms with Crippen molar-refractivity contribution in [1.29, 1.82) is 0 Å². The molecule has 1 aromatic heterocycles. The second kappa shape index (κ2) is 10.4. The summed E-state index contributed by atoms with van der Waals surface area (Å²) in [5.41, 5.74) is 0.462. The molecule has 1 fully saturated rings. The predicted molar refractivity (Wildman–Crippen MR) is 115 cm³/mol. The molecule has 0 bridgehead atoms. The van der Waals surface area contributed by atoms with Crippen LogP contribution in [0.25, 0.3) is 0 Å². The van der Waals surface area contributed by atoms with Gasteiger partial charge in [0.1, 0.15) is 18.6 Å². The van der Waals surface area contributed by atoms with Gasteiger partial charge in [0.15, 0.2) is 0 Å². The molecule has 1 saturated heterocycles. The van der Waals surface area contributed by atoms with E-state index < -0.39 is 42.0 Å². The maximum atomic E-state index is 13.0. The molecular formula is C23H32F3N3O3. The quantitative estimate of drug-likeness (QED) is 0.589. The fraction of sp³-hybridized carbons (Fsp3) is 0.652. The number of esters is 1. The Morgan fingerprint density at radius 2 is 1.97 bits per heavy atom. The molecule has 0 aromatic carbocycles. The van der Waals surface area contributed by atoms with E-state index in [4.69, 9.17) is 4.74 Å². The number of amides is 1. The normalized spacial score (nSPS) is 22.0. The molecule has 9 heteroatoms. The number of carbonyl (C=O) groups excluding carboxylic acids is 2. The maximum Gasteiger partial charge on any atom is 0.397 e. The summed E-state index contributed by atoms with van der Waals surface area (Å²) in [7, 11) is 0. The molecule has 0 saturated carbocycles. The molecule has 0 spiro atoms. The van der Waals surface area contributed by atoms with Gasteiger partial charge < -0.3 is 9.64 Å². The number of hydrogen-bond acceptors (Lipinski definition) is 5. The lowest BCUT2D eigenvalue weighted by Gasteiger charge is -2.43. The smallest absolute Gasteiger partial charge is 0.397 e. The Balaban J connectivity index is 2.41. The van der Waals surface area contributed by atoms with E-state index in [2.05, 4.69) is 9.98 Å². The van der Waals surface area contributed by atoms with Gasteiger partial charge in [-0.3, -0.25) is 19.6 Å². The van der Waals surface area contributed by atoms with Crippen molar-refractivity contribution in [2.75, 3.05) is 6.54 Å². The molecule has 2 rings (SSSR count). The van der Waals surface area contributed by atoms with Crippen molar-refractivity contribution in [2.24, 2.45) is 16.3 Å². The van der Waals surface area contributed by atoms with Crippen molar-refractivity contribution in [3.05, 3.63) is 30.1 Å². The zero-order valence-corrected chi connectivity index (χ0v) is 19.3. The minimum atomic E-state index is -4.63. The van der Waals surface area contributed by atoms with Crippen LogP contribution in [0.3, 0.4) is 0 Å². The lowest BCUT2D eigenvalue weighted by atomic mass is 9.86. The number of likely N-dealkylation sites (tertiary alicyclic amines) is 1. The second-order valence-electron chi connectivity index (χ2n) is 9.25. The van der Waals surface area contributed by atoms with Gasteiger partial charge in [0.05, 0.1) is 17.7 Å². The topological polar surface area (TPSA) is 71.9 Å². The van der Waals surface area contributed by atoms with E-state index in [-0.39, 0.29) is 19.0 Å². The van der Waals surface area contributed by atoms with Gasteiger partial charge in [-0.2, -0.15) is 13.2 Å². The minimum Gasteiger partial charge on any atom is -0.460 e. The molecule has 1 aliphatic heterocycles. The summed E-state index contributed by atoms with van der Waals surface area (Å²) < 4.78 is 44.7. The van der Waals surface area contributed by atoms with Crippen molar-refractivity contribution in [3.63, 3.8) is 0 Å². The zero-order valence-electron chi connectivity index (χ0n) is 19.3. The van der Waals surface area contributed by atoms with Gasteiger partial charge in [0.25, 0.3) is 0 Å². The lowest BCUT2D eigenvalue weighted by Crippen LogP contribution is -2.58. The largest absolute Gasteiger partial charge is 0.460 e. The first-order chi connectivity index (χ1) is 14.8. The zero-order chi connectivity index (χ0) is 24.1. The van der Waals surface area contributed by atoms with Gasteiger partial charge in [-0.1, -0.05) is 19.4 Å². The van der Waals surface area contributed by atoms with Gasteiger partial charge in [-0.05, 0) is 52.2 Å². The van der Waals surface area contributed by atoms with Crippen LogP contribution in [0.2, 0.25) is 0 Å². The third-order valence-electron chi connectivity index (χ3n) is 5.40. The molecule has 32 heavy (non-hydrogen) atoms. The van der Waals surface area contributed by atoms with Crippen molar-refractivity contribution >= 4 is 17.6 Å². The Kier molecular flexibility index (Phi) is 8.42. The molecule has 1 amide bonds. The second-order valence-corrected chi connectivity index (χ2v) is 9.25. The summed E-state index contributed by atoms with van der Waals surface area (Å²) in [4.78, 5) is 35.2. The van der Waals surface area contributed by atoms with Crippen LogP contribution in [0.15, 0.2) is 29.4 Å². The fourth-order valence-corrected chi connectivity index (χ4v) is 3.62. The Morgan fingerprint density at radius 1 is 1.28 bits per heavy atom. The van der Waals surface area contributed by atoms with E-state index >= 15 is 0 Å². The number of nitrogens with zero attached hydrogens (tertiary/aromatic N) is 3. The standard InChI is InChI=1S/C23H32F3N3O3/c1-6-16-11-18(28-13-17-9-7-8-10-27-17)20(15(2)32-21(31)22(3,4)5)29(14-16)19(30)12-23(24,25)26/h7-10,15-16,20H,6,11-14H2,1-5H3/b28-18+/t15-,16?,20?/m0/s1. The summed E-state index contributed by atoms with van der Waals surface area (Å²) in [5, 5.41) is 0. The molecule has 0 N–H and O–H groups in total. The van der Waals surface area contributed by atoms with Crippen molar-refractivity contribution in [3.8, 4) is 0 Å². The average Bonchev–Trinajstić information content (AvgIpc) is 2.70. The summed E-state index contributed by atoms with van der Waals surface area (Å²) >= 11 is 0. The minimum absolute atomic E-state index is 0.0311. The van der Waals surface area contributed by atoms with Crippen LogP contribution in [0.4, 0.5) is 13.2 Å². The first-order valence-corrected chi connectivity index (χ1v) is 10.8. The highest BCUT2D eigenvalue weighted by Gasteiger charge is 2.43. The van der Waals surface area contributed by atoms with E-state index in [1.807, 2.05) is 13.0 Å². The number of hydrogen-bond donors (Lipinski definition) is 0. The molecule has 6 nitrogen and oxygen atoms in total. The van der Waals surface area contributed by atoms with E-state index in [0.29, 0.717) is 24.2 Å². The monoisotopic (exact) mass is 455 g/mol. The van der Waals surface area contributed by atoms with Gasteiger partial charge in [0, 0.05) is 18.5 Å². The van der Waals surface area contributed by atoms with Crippen LogP contribution in [-0.2, 0) is 20.9 Å². The predicted octanol–water partition coefficient (Wildman–Crippen LogP) is 4.58. The molecule has 1 aromatic rings. The number of aliphatic imine (C=N–C) groups is 1. The summed E-state index contributed by atoms with van der Waals surface area (Å²) in [6.45, 7) is 9.00. The highest BCUT2D eigenvalue weighted by molar-refractivity contribution is 5.95. The molecule has 3 atom stereocenters. The highest BCUT2D eigenvalue weighted by Crippen LogP contribution is 2.30. The van der Waals surface area contributed by atoms with E-state index in [1.165, 1.54) is 4.90 Å². The van der Waals surface area contributed by atoms with Crippen LogP contribution in [-0.4, -0.2) is 52.3 Å². The molecule has 178 valence electrons. The Morgan fingerprint density at radius 3 is 2.50 bits per heavy atom. The summed E-state index contributed by atoms with van der Waals surface area (Å²) in [5.74, 6) is -1.56. The molecule has 1 aliphatic rings. The van der Waals surface area contributed by atoms with Crippen molar-refractivity contribution in [1.82, 2.24) is 9.88 Å². The maximum absolute atomic E-state index is 13.0. The number of carbonyl (C=O) groups is 2. The number of rotatable bonds is 6. The van der Waals surface area contributed by atoms with Crippen LogP contribution in [0.1, 0.15) is 59.6 Å². The van der Waals surface area contributed by atoms with Crippen molar-refractivity contribution in [2.45, 2.75) is 78.7 Å². The Labute approximate surface area is 187 Å². The number of pyridine rings is 1. The van der Waals surface area contributed by atoms with Gasteiger partial charge in [0.2, 0.25) is 5.91 Å². The van der Waals surface area contributed by atoms with Crippen LogP contribution in [0, 0.1) is 11.3 Å². The first-order valence-electron chi connectivity index (χ1n) is 10.8. The number of alkyl halides is 3. The Bertz CT molecular complexity index is 819. The molecule has 0 radical (unpaired) electrons. The number of piperidine rings is 1. The SMILES string of the molecule is CCC1C/C(=N\Cc2ccccn2)C([C@H](C)OC(=O)C(C)(C)C)N(C(=O)CC(F)(F)F)C1. The average molecular weight is 456 g/mol. The molecule has 2 heterocycles. The van der Waals surface area contributed by atoms with Gasteiger partial charge in [-0.25, -0.2) is 0 Å². The molecule has 0 aliphatic carbocycles. The van der Waals surface area contributed by atoms with Gasteiger partial charge in [-0.15, -0.1) is 0 Å². The Hall–Kier alpha value is -2.45. The number of halogens is 3. The van der Waals surface area contributed by atoms with E-state index in [1.54, 1.807) is 46.0 Å². The number of ether oxygens (including phenoxy) is 1. The summed E-state index contributed by atoms with van der Waals surface area (Å²) in [6, 6.07) is 4.54. The van der Waals surface area contributed by atoms with E-state index in [9.17, 15) is 22.8 Å². The van der Waals surface area contributed by atoms with Crippen molar-refractivity contribution < 1.29 is 27.5 Å². The third kappa shape index (κ3) is 7.31. The van der Waals surface area contributed by atoms with Gasteiger partial charge >= 0.3 is 12.1 Å². The first kappa shape index (κ1) is 25.8. The van der Waals surface area contributed by atoms with E-state index in [0.717, 1.165) is 0 Å². The number of aromatic nitrogens is 1. The third-order valence-corrected chi connectivity index (χ3v) is 5.40. The van der Waals surface area contributed by atoms with Crippen LogP contribution in [0.5, 0.6) is 0 Å². The highest BCUT2D eigenvalue weighted by atomic mass is 19.4. The van der Waals surface area contributed by atoms with Crippen LogP contribution >= 0.6 is 0 Å². The lowest BCUT2D eigenvalue weighted by molar-refractivity contribution is -0.170. The molecule has 2 unspecified atom stereocenters.